The molecule has 2 amide bonds. The summed E-state index contributed by atoms with van der Waals surface area (Å²) >= 11 is 0. The lowest BCUT2D eigenvalue weighted by Gasteiger charge is -2.24. The van der Waals surface area contributed by atoms with Crippen LogP contribution >= 0.6 is 0 Å². The molecule has 0 aliphatic carbocycles. The first-order valence-corrected chi connectivity index (χ1v) is 21.8. The van der Waals surface area contributed by atoms with Gasteiger partial charge in [-0.2, -0.15) is 0 Å². The number of carboxylic acid groups (broad SMARTS) is 1. The molecule has 0 spiro atoms. The zero-order chi connectivity index (χ0) is 43.9. The second kappa shape index (κ2) is 33.4. The summed E-state index contributed by atoms with van der Waals surface area (Å²) in [7, 11) is 1.72. The fourth-order valence-electron chi connectivity index (χ4n) is 7.23. The number of ketones is 5. The molecule has 0 rings (SSSR count). The number of carboxylic acids is 1. The molecule has 0 saturated heterocycles. The van der Waals surface area contributed by atoms with Crippen LogP contribution in [0.1, 0.15) is 156 Å². The Kier molecular flexibility index (Phi) is 31.5. The van der Waals surface area contributed by atoms with Crippen molar-refractivity contribution in [3.8, 4) is 0 Å². The van der Waals surface area contributed by atoms with Crippen LogP contribution in [0, 0.1) is 23.7 Å². The van der Waals surface area contributed by atoms with Gasteiger partial charge in [0.15, 0.2) is 11.6 Å². The van der Waals surface area contributed by atoms with Crippen molar-refractivity contribution in [3.63, 3.8) is 0 Å². The van der Waals surface area contributed by atoms with Crippen molar-refractivity contribution < 1.29 is 43.5 Å². The Morgan fingerprint density at radius 3 is 1.55 bits per heavy atom. The van der Waals surface area contributed by atoms with Crippen LogP contribution in [0.5, 0.6) is 0 Å². The molecule has 10 N–H and O–H groups in total. The summed E-state index contributed by atoms with van der Waals surface area (Å²) in [6, 6.07) is -1.30. The molecule has 0 saturated carbocycles. The number of nitrogens with two attached hydrogens (primary N) is 3. The number of rotatable bonds is 39. The van der Waals surface area contributed by atoms with Gasteiger partial charge in [0, 0.05) is 62.3 Å². The van der Waals surface area contributed by atoms with Gasteiger partial charge in [-0.1, -0.05) is 26.2 Å². The predicted molar refractivity (Wildman–Crippen MR) is 226 cm³/mol. The predicted octanol–water partition coefficient (Wildman–Crippen LogP) is 3.70. The summed E-state index contributed by atoms with van der Waals surface area (Å²) in [6.45, 7) is 6.50. The maximum absolute atomic E-state index is 13.8. The van der Waals surface area contributed by atoms with E-state index in [2.05, 4.69) is 16.0 Å². The number of hydrogen-bond acceptors (Lipinski definition) is 12. The van der Waals surface area contributed by atoms with Gasteiger partial charge in [0.1, 0.15) is 17.3 Å². The molecule has 0 aliphatic rings. The third kappa shape index (κ3) is 25.2. The van der Waals surface area contributed by atoms with E-state index in [0.29, 0.717) is 90.4 Å². The fourth-order valence-corrected chi connectivity index (χ4v) is 7.23. The lowest BCUT2D eigenvalue weighted by atomic mass is 9.87. The molecule has 0 bridgehead atoms. The Bertz CT molecular complexity index is 1260. The van der Waals surface area contributed by atoms with E-state index in [-0.39, 0.29) is 98.0 Å². The molecule has 6 atom stereocenters. The average Bonchev–Trinajstić information content (AvgIpc) is 3.17. The van der Waals surface area contributed by atoms with Crippen molar-refractivity contribution in [2.75, 3.05) is 33.2 Å². The number of nitrogens with one attached hydrogen (secondary N) is 3. The maximum atomic E-state index is 13.8. The molecule has 0 radical (unpaired) electrons. The molecule has 0 aromatic rings. The van der Waals surface area contributed by atoms with Crippen LogP contribution < -0.4 is 33.2 Å². The third-order valence-electron chi connectivity index (χ3n) is 11.2. The van der Waals surface area contributed by atoms with Gasteiger partial charge in [-0.15, -0.1) is 0 Å². The van der Waals surface area contributed by atoms with E-state index in [1.807, 2.05) is 6.92 Å². The number of aliphatic carboxylic acids is 1. The number of hydrogen-bond donors (Lipinski definition) is 7. The molecular formula is C43H78N6O9. The first kappa shape index (κ1) is 54.6. The first-order valence-electron chi connectivity index (χ1n) is 21.8. The van der Waals surface area contributed by atoms with E-state index in [1.165, 1.54) is 13.8 Å². The number of carbonyl (C=O) groups is 8. The highest BCUT2D eigenvalue weighted by Crippen LogP contribution is 2.22. The Morgan fingerprint density at radius 1 is 0.534 bits per heavy atom. The summed E-state index contributed by atoms with van der Waals surface area (Å²) in [6.07, 6.45) is 8.65. The summed E-state index contributed by atoms with van der Waals surface area (Å²) in [5, 5.41) is 17.8. The number of Topliss-reactive ketones (excluding diaryl/α,β-unsaturated/α-hetero) is 5. The van der Waals surface area contributed by atoms with Gasteiger partial charge in [0.05, 0.1) is 12.1 Å². The second-order valence-electron chi connectivity index (χ2n) is 15.8. The van der Waals surface area contributed by atoms with Crippen molar-refractivity contribution in [1.29, 1.82) is 0 Å². The zero-order valence-corrected chi connectivity index (χ0v) is 36.1. The molecule has 334 valence electrons. The number of unbranched alkanes of at least 4 members (excludes halogenated alkanes) is 4. The minimum atomic E-state index is -0.956. The third-order valence-corrected chi connectivity index (χ3v) is 11.2. The zero-order valence-electron chi connectivity index (χ0n) is 36.1. The quantitative estimate of drug-likeness (QED) is 0.0437. The summed E-state index contributed by atoms with van der Waals surface area (Å²) in [5.41, 5.74) is 17.0. The topological polar surface area (TPSA) is 271 Å². The van der Waals surface area contributed by atoms with E-state index >= 15 is 0 Å². The van der Waals surface area contributed by atoms with Crippen LogP contribution in [0.3, 0.4) is 0 Å². The lowest BCUT2D eigenvalue weighted by molar-refractivity contribution is -0.137. The Hall–Kier alpha value is -3.40. The smallest absolute Gasteiger partial charge is 0.303 e. The van der Waals surface area contributed by atoms with Crippen molar-refractivity contribution in [2.45, 2.75) is 168 Å². The van der Waals surface area contributed by atoms with Gasteiger partial charge in [0.2, 0.25) is 11.8 Å². The van der Waals surface area contributed by atoms with Crippen molar-refractivity contribution in [1.82, 2.24) is 16.0 Å². The van der Waals surface area contributed by atoms with Crippen LogP contribution in [-0.4, -0.2) is 97.1 Å². The molecule has 6 unspecified atom stereocenters. The van der Waals surface area contributed by atoms with Gasteiger partial charge >= 0.3 is 5.97 Å². The standard InChI is InChI=1S/C43H78N6O9/c1-5-32(20-23-42(56)57)38(52)21-18-33(30(2)50)19-22-41(55)48-27-13-9-17-37(40(54)28-34(31(3)51)14-6-10-24-44)49-43(58)35(15-7-11-25-45)29-39(53)36(47-4)16-8-12-26-46/h32-37,47H,5-29,44-46H2,1-4H3,(H,48,55)(H,49,58)(H,56,57). The van der Waals surface area contributed by atoms with Crippen molar-refractivity contribution in [3.05, 3.63) is 0 Å². The highest BCUT2D eigenvalue weighted by molar-refractivity contribution is 5.94. The van der Waals surface area contributed by atoms with Crippen LogP contribution in [0.25, 0.3) is 0 Å². The molecule has 0 fully saturated rings. The fraction of sp³-hybridized carbons (Fsp3) is 0.814. The van der Waals surface area contributed by atoms with Crippen molar-refractivity contribution in [2.24, 2.45) is 40.9 Å². The highest BCUT2D eigenvalue weighted by atomic mass is 16.4. The molecular weight excluding hydrogens is 745 g/mol. The Morgan fingerprint density at radius 2 is 1.02 bits per heavy atom. The molecule has 58 heavy (non-hydrogen) atoms. The highest BCUT2D eigenvalue weighted by Gasteiger charge is 2.30. The van der Waals surface area contributed by atoms with Gasteiger partial charge < -0.3 is 38.3 Å². The van der Waals surface area contributed by atoms with Crippen LogP contribution in [0.15, 0.2) is 0 Å². The van der Waals surface area contributed by atoms with Crippen LogP contribution in [0.2, 0.25) is 0 Å². The molecule has 0 aromatic carbocycles. The monoisotopic (exact) mass is 823 g/mol. The lowest BCUT2D eigenvalue weighted by Crippen LogP contribution is -2.46. The van der Waals surface area contributed by atoms with E-state index in [4.69, 9.17) is 22.3 Å². The summed E-state index contributed by atoms with van der Waals surface area (Å²) < 4.78 is 0. The minimum absolute atomic E-state index is 0.0134. The summed E-state index contributed by atoms with van der Waals surface area (Å²) in [4.78, 5) is 102. The number of carbonyl (C=O) groups excluding carboxylic acids is 7. The number of amides is 2. The van der Waals surface area contributed by atoms with E-state index in [1.54, 1.807) is 7.05 Å². The first-order chi connectivity index (χ1) is 27.6. The Balaban J connectivity index is 5.59. The second-order valence-corrected chi connectivity index (χ2v) is 15.8. The molecule has 15 heteroatoms. The van der Waals surface area contributed by atoms with Crippen molar-refractivity contribution >= 4 is 46.7 Å². The van der Waals surface area contributed by atoms with E-state index < -0.39 is 35.8 Å². The van der Waals surface area contributed by atoms with Crippen LogP contribution in [0.4, 0.5) is 0 Å². The van der Waals surface area contributed by atoms with Gasteiger partial charge in [0.25, 0.3) is 0 Å². The maximum Gasteiger partial charge on any atom is 0.303 e. The molecule has 0 aliphatic heterocycles. The Labute approximate surface area is 347 Å². The van der Waals surface area contributed by atoms with Crippen LogP contribution in [-0.2, 0) is 38.4 Å². The largest absolute Gasteiger partial charge is 0.481 e. The van der Waals surface area contributed by atoms with Gasteiger partial charge in [-0.05, 0) is 124 Å². The van der Waals surface area contributed by atoms with Gasteiger partial charge in [-0.25, -0.2) is 0 Å². The molecule has 0 aromatic heterocycles. The van der Waals surface area contributed by atoms with E-state index in [9.17, 15) is 38.4 Å². The SMILES string of the molecule is CCC(CCC(=O)O)C(=O)CCC(CCC(=O)NCCCCC(NC(=O)C(CCCCN)CC(=O)C(CCCCN)NC)C(=O)CC(CCCCN)C(C)=O)C(C)=O. The molecule has 15 nitrogen and oxygen atoms in total. The van der Waals surface area contributed by atoms with Gasteiger partial charge in [-0.3, -0.25) is 38.4 Å². The number of likely N-dealkylation sites (N-methyl/N-ethyl adjacent to an activating group) is 1. The molecule has 0 heterocycles. The normalized spacial score (nSPS) is 14.4. The minimum Gasteiger partial charge on any atom is -0.481 e. The average molecular weight is 823 g/mol. The summed E-state index contributed by atoms with van der Waals surface area (Å²) in [5.74, 6) is -4.19. The van der Waals surface area contributed by atoms with E-state index in [0.717, 1.165) is 19.3 Å².